The van der Waals surface area contributed by atoms with Gasteiger partial charge in [0.15, 0.2) is 0 Å². The Bertz CT molecular complexity index is 1080. The molecule has 3 rings (SSSR count). The molecule has 0 aliphatic rings. The third-order valence-electron chi connectivity index (χ3n) is 5.63. The highest BCUT2D eigenvalue weighted by molar-refractivity contribution is 7.07. The smallest absolute Gasteiger partial charge is 0.253 e. The van der Waals surface area contributed by atoms with E-state index in [2.05, 4.69) is 28.2 Å². The first-order chi connectivity index (χ1) is 15.3. The molecule has 0 aliphatic heterocycles. The molecule has 7 heteroatoms. The van der Waals surface area contributed by atoms with Crippen molar-refractivity contribution in [1.82, 2.24) is 4.90 Å². The zero-order valence-corrected chi connectivity index (χ0v) is 19.7. The quantitative estimate of drug-likeness (QED) is 0.324. The first kappa shape index (κ1) is 23.8. The first-order valence-corrected chi connectivity index (χ1v) is 11.7. The van der Waals surface area contributed by atoms with Gasteiger partial charge in [0.2, 0.25) is 0 Å². The predicted molar refractivity (Wildman–Crippen MR) is 134 cm³/mol. The Kier molecular flexibility index (Phi) is 7.88. The Labute approximate surface area is 193 Å². The van der Waals surface area contributed by atoms with E-state index in [0.29, 0.717) is 24.5 Å². The summed E-state index contributed by atoms with van der Waals surface area (Å²) in [6.07, 6.45) is 3.28. The summed E-state index contributed by atoms with van der Waals surface area (Å²) in [5.41, 5.74) is 2.25. The Morgan fingerprint density at radius 3 is 2.41 bits per heavy atom. The molecule has 0 aliphatic carbocycles. The second-order valence-corrected chi connectivity index (χ2v) is 9.22. The number of phenolic OH excluding ortho intramolecular Hbond substituents is 1. The Morgan fingerprint density at radius 2 is 1.81 bits per heavy atom. The summed E-state index contributed by atoms with van der Waals surface area (Å²) in [4.78, 5) is 29.0. The summed E-state index contributed by atoms with van der Waals surface area (Å²) in [5, 5.41) is 17.0. The van der Waals surface area contributed by atoms with Gasteiger partial charge in [-0.3, -0.25) is 9.59 Å². The summed E-state index contributed by atoms with van der Waals surface area (Å²) < 4.78 is 0. The largest absolute Gasteiger partial charge is 0.508 e. The summed E-state index contributed by atoms with van der Waals surface area (Å²) in [6, 6.07) is 9.36. The molecule has 2 N–H and O–H groups in total. The number of anilines is 2. The van der Waals surface area contributed by atoms with Crippen molar-refractivity contribution in [2.24, 2.45) is 0 Å². The highest BCUT2D eigenvalue weighted by atomic mass is 32.1. The minimum Gasteiger partial charge on any atom is -0.508 e. The van der Waals surface area contributed by atoms with Crippen molar-refractivity contribution in [3.05, 3.63) is 85.3 Å². The van der Waals surface area contributed by atoms with Crippen LogP contribution in [-0.4, -0.2) is 49.3 Å². The Balaban J connectivity index is 1.78. The number of hydrogen-bond acceptors (Lipinski definition) is 7. The average Bonchev–Trinajstić information content (AvgIpc) is 3.26. The molecule has 32 heavy (non-hydrogen) atoms. The molecule has 0 radical (unpaired) electrons. The molecule has 0 fully saturated rings. The molecule has 0 spiro atoms. The predicted octanol–water partition coefficient (Wildman–Crippen LogP) is 3.26. The Morgan fingerprint density at radius 1 is 1.09 bits per heavy atom. The van der Waals surface area contributed by atoms with Crippen molar-refractivity contribution in [3.63, 3.8) is 0 Å². The van der Waals surface area contributed by atoms with E-state index in [0.717, 1.165) is 18.4 Å². The van der Waals surface area contributed by atoms with Crippen molar-refractivity contribution in [3.8, 4) is 5.75 Å². The summed E-state index contributed by atoms with van der Waals surface area (Å²) in [7, 11) is 4.00. The number of rotatable bonds is 12. The SMILES string of the molecule is C=CCN(C[C@H](Cc1ccc(O)cc1)N(C)C)c1c(N[C@@H](C)Cc2ccsc2)c(=O)c1=O. The van der Waals surface area contributed by atoms with E-state index < -0.39 is 10.9 Å². The lowest BCUT2D eigenvalue weighted by Crippen LogP contribution is -2.48. The van der Waals surface area contributed by atoms with Crippen LogP contribution in [0.1, 0.15) is 18.1 Å². The number of hydrogen-bond donors (Lipinski definition) is 2. The van der Waals surface area contributed by atoms with E-state index in [-0.39, 0.29) is 17.8 Å². The lowest BCUT2D eigenvalue weighted by molar-refractivity contribution is 0.293. The van der Waals surface area contributed by atoms with Gasteiger partial charge in [-0.1, -0.05) is 18.2 Å². The van der Waals surface area contributed by atoms with Gasteiger partial charge in [-0.2, -0.15) is 11.3 Å². The van der Waals surface area contributed by atoms with Crippen LogP contribution in [0, 0.1) is 0 Å². The maximum atomic E-state index is 12.6. The van der Waals surface area contributed by atoms with Crippen molar-refractivity contribution >= 4 is 22.7 Å². The lowest BCUT2D eigenvalue weighted by atomic mass is 10.0. The van der Waals surface area contributed by atoms with Crippen molar-refractivity contribution in [2.75, 3.05) is 37.4 Å². The number of nitrogens with one attached hydrogen (secondary N) is 1. The number of aromatic hydroxyl groups is 1. The molecular formula is C25H31N3O3S. The molecule has 6 nitrogen and oxygen atoms in total. The fraction of sp³-hybridized carbons (Fsp3) is 0.360. The molecule has 170 valence electrons. The molecule has 2 aromatic carbocycles. The molecule has 0 bridgehead atoms. The number of thiophene rings is 1. The van der Waals surface area contributed by atoms with Crippen LogP contribution in [0.4, 0.5) is 11.4 Å². The minimum atomic E-state index is -0.453. The molecule has 0 saturated carbocycles. The lowest BCUT2D eigenvalue weighted by Gasteiger charge is -2.34. The van der Waals surface area contributed by atoms with Crippen molar-refractivity contribution in [2.45, 2.75) is 31.8 Å². The van der Waals surface area contributed by atoms with Gasteiger partial charge in [-0.05, 0) is 73.9 Å². The maximum Gasteiger partial charge on any atom is 0.253 e. The van der Waals surface area contributed by atoms with Crippen LogP contribution in [0.15, 0.2) is 63.3 Å². The van der Waals surface area contributed by atoms with Gasteiger partial charge >= 0.3 is 0 Å². The highest BCUT2D eigenvalue weighted by Gasteiger charge is 2.28. The summed E-state index contributed by atoms with van der Waals surface area (Å²) >= 11 is 1.65. The molecule has 1 heterocycles. The van der Waals surface area contributed by atoms with Crippen LogP contribution >= 0.6 is 11.3 Å². The summed E-state index contributed by atoms with van der Waals surface area (Å²) in [5.74, 6) is 0.236. The van der Waals surface area contributed by atoms with Crippen molar-refractivity contribution in [1.29, 1.82) is 0 Å². The minimum absolute atomic E-state index is 0.0267. The summed E-state index contributed by atoms with van der Waals surface area (Å²) in [6.45, 7) is 6.90. The third kappa shape index (κ3) is 5.66. The monoisotopic (exact) mass is 453 g/mol. The maximum absolute atomic E-state index is 12.6. The molecule has 0 saturated heterocycles. The Hall–Kier alpha value is -2.90. The fourth-order valence-corrected chi connectivity index (χ4v) is 4.54. The van der Waals surface area contributed by atoms with Gasteiger partial charge in [-0.25, -0.2) is 0 Å². The zero-order chi connectivity index (χ0) is 23.3. The second-order valence-electron chi connectivity index (χ2n) is 8.44. The molecule has 1 aromatic heterocycles. The van der Waals surface area contributed by atoms with E-state index in [4.69, 9.17) is 0 Å². The molecule has 0 amide bonds. The number of nitrogens with zero attached hydrogens (tertiary/aromatic N) is 2. The molecular weight excluding hydrogens is 422 g/mol. The van der Waals surface area contributed by atoms with E-state index in [1.54, 1.807) is 29.5 Å². The van der Waals surface area contributed by atoms with Gasteiger partial charge in [0.25, 0.3) is 10.9 Å². The van der Waals surface area contributed by atoms with E-state index >= 15 is 0 Å². The topological polar surface area (TPSA) is 72.9 Å². The van der Waals surface area contributed by atoms with Gasteiger partial charge in [-0.15, -0.1) is 6.58 Å². The van der Waals surface area contributed by atoms with E-state index in [1.807, 2.05) is 43.4 Å². The standard InChI is InChI=1S/C25H31N3O3S/c1-5-11-28(15-20(27(3)4)14-18-6-8-21(29)9-7-18)23-22(24(30)25(23)31)26-17(2)13-19-10-12-32-16-19/h5-10,12,16-17,20,26,29H,1,11,13-15H2,2-4H3/t17-,20-/m0/s1. The van der Waals surface area contributed by atoms with Crippen LogP contribution in [0.25, 0.3) is 0 Å². The fourth-order valence-electron chi connectivity index (χ4n) is 3.86. The molecule has 2 atom stereocenters. The zero-order valence-electron chi connectivity index (χ0n) is 18.9. The third-order valence-corrected chi connectivity index (χ3v) is 6.36. The van der Waals surface area contributed by atoms with Crippen molar-refractivity contribution < 1.29 is 5.11 Å². The van der Waals surface area contributed by atoms with Gasteiger partial charge in [0, 0.05) is 25.2 Å². The highest BCUT2D eigenvalue weighted by Crippen LogP contribution is 2.24. The average molecular weight is 454 g/mol. The number of benzene rings is 1. The molecule has 0 unspecified atom stereocenters. The van der Waals surface area contributed by atoms with Gasteiger partial charge < -0.3 is 20.2 Å². The van der Waals surface area contributed by atoms with E-state index in [9.17, 15) is 14.7 Å². The van der Waals surface area contributed by atoms with Crippen LogP contribution in [0.3, 0.4) is 0 Å². The van der Waals surface area contributed by atoms with Crippen LogP contribution in [-0.2, 0) is 12.8 Å². The normalized spacial score (nSPS) is 13.2. The molecule has 3 aromatic rings. The second kappa shape index (κ2) is 10.6. The van der Waals surface area contributed by atoms with Crippen LogP contribution in [0.5, 0.6) is 5.75 Å². The van der Waals surface area contributed by atoms with E-state index in [1.165, 1.54) is 5.56 Å². The van der Waals surface area contributed by atoms with Crippen LogP contribution in [0.2, 0.25) is 0 Å². The number of likely N-dealkylation sites (N-methyl/N-ethyl adjacent to an activating group) is 1. The first-order valence-electron chi connectivity index (χ1n) is 10.7. The van der Waals surface area contributed by atoms with Gasteiger partial charge in [0.05, 0.1) is 0 Å². The van der Waals surface area contributed by atoms with Crippen LogP contribution < -0.4 is 21.1 Å². The number of phenols is 1. The van der Waals surface area contributed by atoms with Gasteiger partial charge in [0.1, 0.15) is 17.1 Å².